The number of benzene rings is 1. The number of carbonyl (C=O) groups is 2. The quantitative estimate of drug-likeness (QED) is 0.661. The predicted molar refractivity (Wildman–Crippen MR) is 102 cm³/mol. The van der Waals surface area contributed by atoms with E-state index in [1.54, 1.807) is 7.11 Å². The molecule has 0 unspecified atom stereocenters. The van der Waals surface area contributed by atoms with E-state index in [0.29, 0.717) is 18.8 Å². The van der Waals surface area contributed by atoms with Crippen LogP contribution in [0, 0.1) is 0 Å². The highest BCUT2D eigenvalue weighted by atomic mass is 32.1. The summed E-state index contributed by atoms with van der Waals surface area (Å²) in [5.74, 6) is -0.0581. The number of hydrogen-bond acceptors (Lipinski definition) is 7. The third-order valence-electron chi connectivity index (χ3n) is 4.25. The zero-order valence-corrected chi connectivity index (χ0v) is 15.8. The smallest absolute Gasteiger partial charge is 0.273 e. The van der Waals surface area contributed by atoms with Crippen molar-refractivity contribution < 1.29 is 19.1 Å². The summed E-state index contributed by atoms with van der Waals surface area (Å²) in [6.07, 6.45) is 1.96. The van der Waals surface area contributed by atoms with Crippen LogP contribution in [0.15, 0.2) is 24.3 Å². The van der Waals surface area contributed by atoms with Crippen LogP contribution >= 0.6 is 11.5 Å². The molecule has 2 heterocycles. The Morgan fingerprint density at radius 3 is 2.96 bits per heavy atom. The van der Waals surface area contributed by atoms with Crippen molar-refractivity contribution >= 4 is 29.0 Å². The molecule has 9 heteroatoms. The zero-order valence-electron chi connectivity index (χ0n) is 15.0. The fourth-order valence-corrected chi connectivity index (χ4v) is 3.48. The van der Waals surface area contributed by atoms with Crippen LogP contribution in [0.3, 0.4) is 0 Å². The lowest BCUT2D eigenvalue weighted by Gasteiger charge is -2.10. The van der Waals surface area contributed by atoms with E-state index in [1.165, 1.54) is 0 Å². The summed E-state index contributed by atoms with van der Waals surface area (Å²) >= 11 is 0.914. The fourth-order valence-electron chi connectivity index (χ4n) is 2.77. The molecule has 1 aromatic carbocycles. The number of rotatable bonds is 7. The molecule has 0 bridgehead atoms. The van der Waals surface area contributed by atoms with E-state index in [4.69, 9.17) is 15.2 Å². The molecule has 1 aromatic heterocycles. The van der Waals surface area contributed by atoms with Gasteiger partial charge in [-0.2, -0.15) is 4.37 Å². The molecule has 144 valence electrons. The van der Waals surface area contributed by atoms with Gasteiger partial charge in [0, 0.05) is 19.7 Å². The molecule has 8 nitrogen and oxygen atoms in total. The Morgan fingerprint density at radius 2 is 2.22 bits per heavy atom. The second-order valence-corrected chi connectivity index (χ2v) is 6.93. The molecular weight excluding hydrogens is 368 g/mol. The second kappa shape index (κ2) is 8.83. The lowest BCUT2D eigenvalue weighted by Crippen LogP contribution is -2.31. The lowest BCUT2D eigenvalue weighted by atomic mass is 10.2. The van der Waals surface area contributed by atoms with Gasteiger partial charge in [-0.05, 0) is 42.1 Å². The summed E-state index contributed by atoms with van der Waals surface area (Å²) in [6, 6.07) is 7.37. The van der Waals surface area contributed by atoms with E-state index in [1.807, 2.05) is 24.3 Å². The van der Waals surface area contributed by atoms with Gasteiger partial charge in [0.1, 0.15) is 10.6 Å². The molecule has 3 rings (SSSR count). The van der Waals surface area contributed by atoms with Crippen LogP contribution < -0.4 is 21.1 Å². The highest BCUT2D eigenvalue weighted by Gasteiger charge is 2.23. The number of anilines is 1. The standard InChI is InChI=1S/C18H22N4O4S/c1-25-12-5-2-4-11(8-12)9-20-17(23)15-14(19)16(27-22-15)18(24)21-10-13-6-3-7-26-13/h2,4-5,8,13H,3,6-7,9-10,19H2,1H3,(H,20,23)(H,21,24)/t13-/m1/s1. The summed E-state index contributed by atoms with van der Waals surface area (Å²) in [5, 5.41) is 5.54. The van der Waals surface area contributed by atoms with Crippen molar-refractivity contribution in [3.8, 4) is 5.75 Å². The summed E-state index contributed by atoms with van der Waals surface area (Å²) in [7, 11) is 1.58. The Kier molecular flexibility index (Phi) is 6.25. The molecule has 4 N–H and O–H groups in total. The van der Waals surface area contributed by atoms with Crippen LogP contribution in [-0.2, 0) is 11.3 Å². The SMILES string of the molecule is COc1cccc(CNC(=O)c2nsc(C(=O)NC[C@H]3CCCO3)c2N)c1. The summed E-state index contributed by atoms with van der Waals surface area (Å²) in [6.45, 7) is 1.45. The van der Waals surface area contributed by atoms with Gasteiger partial charge in [0.25, 0.3) is 11.8 Å². The Labute approximate surface area is 161 Å². The van der Waals surface area contributed by atoms with Crippen molar-refractivity contribution in [3.63, 3.8) is 0 Å². The minimum absolute atomic E-state index is 0.0359. The first-order chi connectivity index (χ1) is 13.1. The van der Waals surface area contributed by atoms with Gasteiger partial charge < -0.3 is 25.8 Å². The van der Waals surface area contributed by atoms with Crippen molar-refractivity contribution in [1.82, 2.24) is 15.0 Å². The molecule has 1 aliphatic rings. The number of aromatic nitrogens is 1. The van der Waals surface area contributed by atoms with Crippen LogP contribution in [-0.4, -0.2) is 42.6 Å². The highest BCUT2D eigenvalue weighted by Crippen LogP contribution is 2.22. The molecule has 1 fully saturated rings. The predicted octanol–water partition coefficient (Wildman–Crippen LogP) is 1.57. The Hall–Kier alpha value is -2.65. The van der Waals surface area contributed by atoms with Crippen molar-refractivity contribution in [2.24, 2.45) is 0 Å². The van der Waals surface area contributed by atoms with Gasteiger partial charge in [-0.1, -0.05) is 12.1 Å². The first kappa shape index (κ1) is 19.1. The maximum atomic E-state index is 12.4. The van der Waals surface area contributed by atoms with Crippen molar-refractivity contribution in [2.75, 3.05) is 26.0 Å². The number of nitrogens with zero attached hydrogens (tertiary/aromatic N) is 1. The van der Waals surface area contributed by atoms with E-state index in [9.17, 15) is 9.59 Å². The molecule has 2 amide bonds. The number of hydrogen-bond donors (Lipinski definition) is 3. The third-order valence-corrected chi connectivity index (χ3v) is 5.11. The minimum atomic E-state index is -0.426. The maximum Gasteiger partial charge on any atom is 0.273 e. The van der Waals surface area contributed by atoms with Gasteiger partial charge in [0.2, 0.25) is 0 Å². The lowest BCUT2D eigenvalue weighted by molar-refractivity contribution is 0.0861. The molecule has 1 atom stereocenters. The molecule has 1 saturated heterocycles. The molecule has 0 saturated carbocycles. The molecule has 27 heavy (non-hydrogen) atoms. The third kappa shape index (κ3) is 4.75. The summed E-state index contributed by atoms with van der Waals surface area (Å²) < 4.78 is 14.7. The van der Waals surface area contributed by atoms with Crippen molar-refractivity contribution in [3.05, 3.63) is 40.4 Å². The zero-order chi connectivity index (χ0) is 19.2. The number of nitrogens with one attached hydrogen (secondary N) is 2. The largest absolute Gasteiger partial charge is 0.497 e. The number of amides is 2. The van der Waals surface area contributed by atoms with Crippen LogP contribution in [0.25, 0.3) is 0 Å². The van der Waals surface area contributed by atoms with Crippen molar-refractivity contribution in [1.29, 1.82) is 0 Å². The summed E-state index contributed by atoms with van der Waals surface area (Å²) in [5.41, 5.74) is 7.01. The number of nitrogen functional groups attached to an aromatic ring is 1. The summed E-state index contributed by atoms with van der Waals surface area (Å²) in [4.78, 5) is 24.9. The van der Waals surface area contributed by atoms with E-state index in [-0.39, 0.29) is 28.3 Å². The molecule has 1 aliphatic heterocycles. The van der Waals surface area contributed by atoms with E-state index in [0.717, 1.165) is 36.5 Å². The number of methoxy groups -OCH3 is 1. The second-order valence-electron chi connectivity index (χ2n) is 6.15. The van der Waals surface area contributed by atoms with Crippen LogP contribution in [0.2, 0.25) is 0 Å². The van der Waals surface area contributed by atoms with Gasteiger partial charge in [-0.15, -0.1) is 0 Å². The van der Waals surface area contributed by atoms with E-state index >= 15 is 0 Å². The monoisotopic (exact) mass is 390 g/mol. The van der Waals surface area contributed by atoms with Crippen LogP contribution in [0.4, 0.5) is 5.69 Å². The van der Waals surface area contributed by atoms with Gasteiger partial charge >= 0.3 is 0 Å². The topological polar surface area (TPSA) is 116 Å². The maximum absolute atomic E-state index is 12.4. The van der Waals surface area contributed by atoms with E-state index < -0.39 is 5.91 Å². The average molecular weight is 390 g/mol. The average Bonchev–Trinajstić information content (AvgIpc) is 3.34. The van der Waals surface area contributed by atoms with Crippen LogP contribution in [0.1, 0.15) is 38.6 Å². The van der Waals surface area contributed by atoms with Gasteiger partial charge in [-0.3, -0.25) is 9.59 Å². The highest BCUT2D eigenvalue weighted by molar-refractivity contribution is 7.09. The molecule has 0 radical (unpaired) electrons. The number of carbonyl (C=O) groups excluding carboxylic acids is 2. The normalized spacial score (nSPS) is 16.1. The van der Waals surface area contributed by atoms with Gasteiger partial charge in [0.15, 0.2) is 5.69 Å². The Morgan fingerprint density at radius 1 is 1.37 bits per heavy atom. The molecule has 0 aliphatic carbocycles. The Bertz CT molecular complexity index is 817. The van der Waals surface area contributed by atoms with Crippen molar-refractivity contribution in [2.45, 2.75) is 25.5 Å². The first-order valence-corrected chi connectivity index (χ1v) is 9.42. The molecular formula is C18H22N4O4S. The molecule has 0 spiro atoms. The first-order valence-electron chi connectivity index (χ1n) is 8.64. The number of ether oxygens (including phenoxy) is 2. The fraction of sp³-hybridized carbons (Fsp3) is 0.389. The Balaban J connectivity index is 1.58. The number of nitrogens with two attached hydrogens (primary N) is 1. The van der Waals surface area contributed by atoms with Gasteiger partial charge in [-0.25, -0.2) is 0 Å². The minimum Gasteiger partial charge on any atom is -0.497 e. The van der Waals surface area contributed by atoms with Gasteiger partial charge in [0.05, 0.1) is 18.9 Å². The van der Waals surface area contributed by atoms with E-state index in [2.05, 4.69) is 15.0 Å². The van der Waals surface area contributed by atoms with Crippen LogP contribution in [0.5, 0.6) is 5.75 Å². The molecule has 2 aromatic rings.